The zero-order chi connectivity index (χ0) is 21.6. The first kappa shape index (κ1) is 22.8. The maximum Gasteiger partial charge on any atom is 0.309 e. The van der Waals surface area contributed by atoms with Crippen LogP contribution in [0.2, 0.25) is 0 Å². The molecule has 0 heterocycles. The second-order valence-corrected chi connectivity index (χ2v) is 9.74. The Balaban J connectivity index is 1.35. The molecule has 30 heavy (non-hydrogen) atoms. The fourth-order valence-electron chi connectivity index (χ4n) is 4.76. The Morgan fingerprint density at radius 1 is 0.900 bits per heavy atom. The summed E-state index contributed by atoms with van der Waals surface area (Å²) in [6.45, 7) is 5.10. The average molecular weight is 415 g/mol. The molecular formula is C26H38O4. The number of hydrogen-bond donors (Lipinski definition) is 1. The second-order valence-electron chi connectivity index (χ2n) is 9.74. The van der Waals surface area contributed by atoms with Crippen molar-refractivity contribution >= 4 is 12.4 Å². The lowest BCUT2D eigenvalue weighted by molar-refractivity contribution is -0.143. The Morgan fingerprint density at radius 3 is 1.87 bits per heavy atom. The van der Waals surface area contributed by atoms with Gasteiger partial charge in [-0.1, -0.05) is 31.4 Å². The average Bonchev–Trinajstić information content (AvgIpc) is 3.63. The molecule has 166 valence electrons. The zero-order valence-corrected chi connectivity index (χ0v) is 18.8. The largest absolute Gasteiger partial charge is 0.481 e. The number of aliphatic carboxylic acids is 1. The minimum atomic E-state index is -0.592. The molecule has 0 atom stereocenters. The monoisotopic (exact) mass is 414 g/mol. The van der Waals surface area contributed by atoms with Crippen LogP contribution in [0.4, 0.5) is 0 Å². The van der Waals surface area contributed by atoms with Crippen molar-refractivity contribution in [3.8, 4) is 0 Å². The van der Waals surface area contributed by atoms with Gasteiger partial charge in [0.15, 0.2) is 0 Å². The molecule has 0 saturated heterocycles. The van der Waals surface area contributed by atoms with E-state index in [1.54, 1.807) is 0 Å². The van der Waals surface area contributed by atoms with E-state index in [2.05, 4.69) is 26.0 Å². The van der Waals surface area contributed by atoms with E-state index >= 15 is 0 Å². The lowest BCUT2D eigenvalue weighted by Gasteiger charge is -2.15. The number of carboxylic acid groups (broad SMARTS) is 1. The van der Waals surface area contributed by atoms with E-state index < -0.39 is 5.97 Å². The highest BCUT2D eigenvalue weighted by atomic mass is 16.5. The van der Waals surface area contributed by atoms with Crippen LogP contribution in [0.1, 0.15) is 99.3 Å². The maximum atomic E-state index is 11.2. The van der Waals surface area contributed by atoms with Gasteiger partial charge in [0.2, 0.25) is 0 Å². The minimum absolute atomic E-state index is 0.108. The molecule has 1 N–H and O–H groups in total. The number of carbonyl (C=O) groups excluding carboxylic acids is 1. The SMILES string of the molecule is Cc1c(CCCCCC2(OC=O)CC2)ccc(CCCCCC2(C(=O)O)CC2)c1C. The Hall–Kier alpha value is -1.84. The van der Waals surface area contributed by atoms with Gasteiger partial charge in [0.25, 0.3) is 6.47 Å². The zero-order valence-electron chi connectivity index (χ0n) is 18.8. The lowest BCUT2D eigenvalue weighted by Crippen LogP contribution is -2.14. The summed E-state index contributed by atoms with van der Waals surface area (Å²) in [6.07, 6.45) is 14.7. The molecule has 0 radical (unpaired) electrons. The molecule has 0 amide bonds. The third kappa shape index (κ3) is 5.86. The number of carbonyl (C=O) groups is 2. The van der Waals surface area contributed by atoms with E-state index in [0.717, 1.165) is 77.0 Å². The van der Waals surface area contributed by atoms with Gasteiger partial charge < -0.3 is 9.84 Å². The normalized spacial score (nSPS) is 18.1. The van der Waals surface area contributed by atoms with Crippen molar-refractivity contribution in [3.63, 3.8) is 0 Å². The number of hydrogen-bond acceptors (Lipinski definition) is 3. The van der Waals surface area contributed by atoms with Crippen LogP contribution in [-0.2, 0) is 27.2 Å². The predicted molar refractivity (Wildman–Crippen MR) is 119 cm³/mol. The topological polar surface area (TPSA) is 63.6 Å². The van der Waals surface area contributed by atoms with Crippen molar-refractivity contribution in [1.82, 2.24) is 0 Å². The summed E-state index contributed by atoms with van der Waals surface area (Å²) >= 11 is 0. The van der Waals surface area contributed by atoms with Crippen LogP contribution in [0.3, 0.4) is 0 Å². The lowest BCUT2D eigenvalue weighted by atomic mass is 9.91. The van der Waals surface area contributed by atoms with Gasteiger partial charge in [0, 0.05) is 0 Å². The fourth-order valence-corrected chi connectivity index (χ4v) is 4.76. The Kier molecular flexibility index (Phi) is 7.60. The van der Waals surface area contributed by atoms with Crippen LogP contribution in [0.15, 0.2) is 12.1 Å². The molecule has 0 aliphatic heterocycles. The Labute approximate surface area is 181 Å². The van der Waals surface area contributed by atoms with Crippen molar-refractivity contribution in [2.24, 2.45) is 5.41 Å². The van der Waals surface area contributed by atoms with Crippen molar-refractivity contribution in [2.75, 3.05) is 0 Å². The molecule has 4 nitrogen and oxygen atoms in total. The van der Waals surface area contributed by atoms with E-state index in [9.17, 15) is 14.7 Å². The molecule has 0 spiro atoms. The van der Waals surface area contributed by atoms with Crippen molar-refractivity contribution < 1.29 is 19.4 Å². The molecule has 3 rings (SSSR count). The van der Waals surface area contributed by atoms with E-state index in [0.29, 0.717) is 6.47 Å². The molecule has 0 bridgehead atoms. The van der Waals surface area contributed by atoms with Crippen LogP contribution >= 0.6 is 0 Å². The van der Waals surface area contributed by atoms with Crippen LogP contribution in [-0.4, -0.2) is 23.1 Å². The number of rotatable bonds is 15. The highest BCUT2D eigenvalue weighted by Gasteiger charge is 2.49. The van der Waals surface area contributed by atoms with E-state index in [1.165, 1.54) is 35.1 Å². The first-order valence-electron chi connectivity index (χ1n) is 11.8. The van der Waals surface area contributed by atoms with Crippen LogP contribution in [0.25, 0.3) is 0 Å². The first-order chi connectivity index (χ1) is 14.4. The second kappa shape index (κ2) is 9.98. The summed E-state index contributed by atoms with van der Waals surface area (Å²) in [5.74, 6) is -0.592. The highest BCUT2D eigenvalue weighted by molar-refractivity contribution is 5.77. The predicted octanol–water partition coefficient (Wildman–Crippen LogP) is 6.08. The van der Waals surface area contributed by atoms with Gasteiger partial charge in [0.1, 0.15) is 5.60 Å². The Bertz CT molecular complexity index is 744. The molecule has 2 fully saturated rings. The van der Waals surface area contributed by atoms with Crippen LogP contribution in [0.5, 0.6) is 0 Å². The molecule has 1 aromatic carbocycles. The number of benzene rings is 1. The van der Waals surface area contributed by atoms with Crippen LogP contribution < -0.4 is 0 Å². The van der Waals surface area contributed by atoms with E-state index in [4.69, 9.17) is 4.74 Å². The number of carboxylic acids is 1. The van der Waals surface area contributed by atoms with Crippen molar-refractivity contribution in [1.29, 1.82) is 0 Å². The number of unbranched alkanes of at least 4 members (excludes halogenated alkanes) is 4. The first-order valence-corrected chi connectivity index (χ1v) is 11.8. The summed E-state index contributed by atoms with van der Waals surface area (Å²) in [5, 5.41) is 9.26. The summed E-state index contributed by atoms with van der Waals surface area (Å²) in [4.78, 5) is 21.8. The van der Waals surface area contributed by atoms with Crippen molar-refractivity contribution in [2.45, 2.75) is 109 Å². The molecule has 2 saturated carbocycles. The van der Waals surface area contributed by atoms with Gasteiger partial charge in [-0.2, -0.15) is 0 Å². The quantitative estimate of drug-likeness (QED) is 0.279. The van der Waals surface area contributed by atoms with Gasteiger partial charge in [-0.3, -0.25) is 9.59 Å². The van der Waals surface area contributed by atoms with Gasteiger partial charge in [-0.15, -0.1) is 0 Å². The van der Waals surface area contributed by atoms with Gasteiger partial charge in [0.05, 0.1) is 5.41 Å². The molecule has 2 aliphatic rings. The maximum absolute atomic E-state index is 11.2. The third-order valence-corrected chi connectivity index (χ3v) is 7.60. The fraction of sp³-hybridized carbons (Fsp3) is 0.692. The summed E-state index contributed by atoms with van der Waals surface area (Å²) < 4.78 is 5.22. The highest BCUT2D eigenvalue weighted by Crippen LogP contribution is 2.50. The van der Waals surface area contributed by atoms with E-state index in [-0.39, 0.29) is 11.0 Å². The van der Waals surface area contributed by atoms with E-state index in [1.807, 2.05) is 0 Å². The number of aryl methyl sites for hydroxylation is 2. The molecule has 0 unspecified atom stereocenters. The smallest absolute Gasteiger partial charge is 0.309 e. The van der Waals surface area contributed by atoms with Gasteiger partial charge in [-0.05, 0) is 107 Å². The third-order valence-electron chi connectivity index (χ3n) is 7.60. The standard InChI is InChI=1S/C26H38O4/c1-20-21(2)23(10-6-4-8-14-26(17-18-26)30-19-27)12-11-22(20)9-5-3-7-13-25(15-16-25)24(28)29/h11-12,19H,3-10,13-18H2,1-2H3,(H,28,29). The number of ether oxygens (including phenoxy) is 1. The molecule has 2 aliphatic carbocycles. The summed E-state index contributed by atoms with van der Waals surface area (Å²) in [7, 11) is 0. The van der Waals surface area contributed by atoms with Gasteiger partial charge >= 0.3 is 5.97 Å². The molecule has 4 heteroatoms. The van der Waals surface area contributed by atoms with Crippen LogP contribution in [0, 0.1) is 19.3 Å². The minimum Gasteiger partial charge on any atom is -0.481 e. The van der Waals surface area contributed by atoms with Gasteiger partial charge in [-0.25, -0.2) is 0 Å². The summed E-state index contributed by atoms with van der Waals surface area (Å²) in [6, 6.07) is 4.60. The van der Waals surface area contributed by atoms with Crippen molar-refractivity contribution in [3.05, 3.63) is 34.4 Å². The molecule has 1 aromatic rings. The molecule has 0 aromatic heterocycles. The summed E-state index contributed by atoms with van der Waals surface area (Å²) in [5.41, 5.74) is 5.28. The Morgan fingerprint density at radius 2 is 1.43 bits per heavy atom. The molecular weight excluding hydrogens is 376 g/mol.